The van der Waals surface area contributed by atoms with Gasteiger partial charge in [-0.1, -0.05) is 36.4 Å². The highest BCUT2D eigenvalue weighted by Gasteiger charge is 2.19. The van der Waals surface area contributed by atoms with Crippen molar-refractivity contribution >= 4 is 21.6 Å². The highest BCUT2D eigenvalue weighted by atomic mass is 32.2. The Morgan fingerprint density at radius 3 is 2.40 bits per heavy atom. The molecular formula is C27H28N4O3S. The molecule has 35 heavy (non-hydrogen) atoms. The first-order valence-electron chi connectivity index (χ1n) is 11.2. The van der Waals surface area contributed by atoms with Crippen LogP contribution in [0.5, 0.6) is 0 Å². The first kappa shape index (κ1) is 24.2. The van der Waals surface area contributed by atoms with E-state index < -0.39 is 10.0 Å². The second kappa shape index (κ2) is 9.76. The second-order valence-electron chi connectivity index (χ2n) is 8.70. The fraction of sp³-hybridized carbons (Fsp3) is 0.185. The summed E-state index contributed by atoms with van der Waals surface area (Å²) in [5.41, 5.74) is 6.73. The van der Waals surface area contributed by atoms with Gasteiger partial charge in [0.15, 0.2) is 0 Å². The molecule has 3 aromatic carbocycles. The number of aromatic nitrogens is 2. The number of aryl methyl sites for hydroxylation is 2. The number of para-hydroxylation sites is 1. The maximum Gasteiger partial charge on any atom is 0.253 e. The van der Waals surface area contributed by atoms with E-state index in [1.807, 2.05) is 47.3 Å². The van der Waals surface area contributed by atoms with Gasteiger partial charge in [0.05, 0.1) is 17.6 Å². The molecule has 180 valence electrons. The lowest BCUT2D eigenvalue weighted by Crippen LogP contribution is -2.26. The highest BCUT2D eigenvalue weighted by molar-refractivity contribution is 7.92. The maximum atomic E-state index is 13.2. The van der Waals surface area contributed by atoms with Gasteiger partial charge in [0, 0.05) is 42.2 Å². The summed E-state index contributed by atoms with van der Waals surface area (Å²) in [6, 6.07) is 22.5. The Balaban J connectivity index is 1.67. The largest absolute Gasteiger partial charge is 0.337 e. The van der Waals surface area contributed by atoms with E-state index in [4.69, 9.17) is 5.10 Å². The van der Waals surface area contributed by atoms with Crippen molar-refractivity contribution in [2.24, 2.45) is 0 Å². The minimum Gasteiger partial charge on any atom is -0.337 e. The van der Waals surface area contributed by atoms with Gasteiger partial charge in [0.1, 0.15) is 0 Å². The molecule has 0 saturated heterocycles. The predicted octanol–water partition coefficient (Wildman–Crippen LogP) is 4.80. The van der Waals surface area contributed by atoms with Crippen molar-refractivity contribution in [1.29, 1.82) is 0 Å². The summed E-state index contributed by atoms with van der Waals surface area (Å²) < 4.78 is 27.4. The van der Waals surface area contributed by atoms with E-state index >= 15 is 0 Å². The quantitative estimate of drug-likeness (QED) is 0.405. The molecule has 0 fully saturated rings. The molecule has 1 heterocycles. The molecule has 1 N–H and O–H groups in total. The SMILES string of the molecule is Cc1ccc(-c2nn(-c3ccccc3)cc2CN(C)C(=O)c2cccc(NS(C)(=O)=O)c2)cc1C. The van der Waals surface area contributed by atoms with E-state index in [0.717, 1.165) is 28.8 Å². The number of hydrogen-bond donors (Lipinski definition) is 1. The molecule has 7 nitrogen and oxygen atoms in total. The Labute approximate surface area is 206 Å². The molecule has 1 amide bonds. The van der Waals surface area contributed by atoms with Crippen molar-refractivity contribution in [1.82, 2.24) is 14.7 Å². The number of carbonyl (C=O) groups excluding carboxylic acids is 1. The zero-order chi connectivity index (χ0) is 25.2. The van der Waals surface area contributed by atoms with Gasteiger partial charge in [-0.3, -0.25) is 9.52 Å². The van der Waals surface area contributed by atoms with E-state index in [1.165, 1.54) is 17.2 Å². The van der Waals surface area contributed by atoms with Gasteiger partial charge in [-0.15, -0.1) is 0 Å². The Morgan fingerprint density at radius 1 is 0.971 bits per heavy atom. The Morgan fingerprint density at radius 2 is 1.71 bits per heavy atom. The molecule has 0 saturated carbocycles. The molecule has 0 unspecified atom stereocenters. The van der Waals surface area contributed by atoms with Crippen LogP contribution >= 0.6 is 0 Å². The first-order valence-corrected chi connectivity index (χ1v) is 13.0. The number of rotatable bonds is 7. The molecule has 1 aromatic heterocycles. The number of sulfonamides is 1. The number of carbonyl (C=O) groups is 1. The average molecular weight is 489 g/mol. The summed E-state index contributed by atoms with van der Waals surface area (Å²) in [4.78, 5) is 14.8. The second-order valence-corrected chi connectivity index (χ2v) is 10.4. The molecule has 8 heteroatoms. The van der Waals surface area contributed by atoms with Crippen molar-refractivity contribution in [3.8, 4) is 16.9 Å². The molecule has 0 radical (unpaired) electrons. The lowest BCUT2D eigenvalue weighted by Gasteiger charge is -2.18. The van der Waals surface area contributed by atoms with Gasteiger partial charge in [-0.05, 0) is 61.4 Å². The lowest BCUT2D eigenvalue weighted by molar-refractivity contribution is 0.0785. The summed E-state index contributed by atoms with van der Waals surface area (Å²) in [6.45, 7) is 4.47. The Hall–Kier alpha value is -3.91. The molecule has 0 bridgehead atoms. The fourth-order valence-corrected chi connectivity index (χ4v) is 4.40. The van der Waals surface area contributed by atoms with E-state index in [-0.39, 0.29) is 5.91 Å². The topological polar surface area (TPSA) is 84.3 Å². The summed E-state index contributed by atoms with van der Waals surface area (Å²) >= 11 is 0. The molecule has 0 aliphatic rings. The predicted molar refractivity (Wildman–Crippen MR) is 139 cm³/mol. The molecule has 0 atom stereocenters. The molecule has 4 rings (SSSR count). The minimum atomic E-state index is -3.44. The van der Waals surface area contributed by atoms with Crippen LogP contribution in [-0.4, -0.2) is 42.3 Å². The van der Waals surface area contributed by atoms with Gasteiger partial charge in [-0.25, -0.2) is 13.1 Å². The van der Waals surface area contributed by atoms with E-state index in [0.29, 0.717) is 17.8 Å². The highest BCUT2D eigenvalue weighted by Crippen LogP contribution is 2.27. The van der Waals surface area contributed by atoms with Crippen LogP contribution in [0.2, 0.25) is 0 Å². The van der Waals surface area contributed by atoms with Gasteiger partial charge >= 0.3 is 0 Å². The zero-order valence-corrected chi connectivity index (χ0v) is 21.0. The maximum absolute atomic E-state index is 13.2. The van der Waals surface area contributed by atoms with Crippen molar-refractivity contribution in [3.05, 3.63) is 101 Å². The van der Waals surface area contributed by atoms with Crippen LogP contribution in [0.15, 0.2) is 79.0 Å². The van der Waals surface area contributed by atoms with Crippen LogP contribution in [0.3, 0.4) is 0 Å². The molecule has 0 aliphatic heterocycles. The van der Waals surface area contributed by atoms with Crippen molar-refractivity contribution in [2.45, 2.75) is 20.4 Å². The van der Waals surface area contributed by atoms with Crippen LogP contribution in [0.4, 0.5) is 5.69 Å². The third kappa shape index (κ3) is 5.78. The molecule has 0 spiro atoms. The number of hydrogen-bond acceptors (Lipinski definition) is 4. The van der Waals surface area contributed by atoms with Gasteiger partial charge in [0.2, 0.25) is 10.0 Å². The number of nitrogens with one attached hydrogen (secondary N) is 1. The molecule has 4 aromatic rings. The van der Waals surface area contributed by atoms with Gasteiger partial charge in [0.25, 0.3) is 5.91 Å². The summed E-state index contributed by atoms with van der Waals surface area (Å²) in [7, 11) is -1.72. The van der Waals surface area contributed by atoms with Crippen LogP contribution in [0.1, 0.15) is 27.0 Å². The standard InChI is InChI=1S/C27H28N4O3S/c1-19-13-14-21(15-20(19)2)26-23(18-31(28-26)25-11-6-5-7-12-25)17-30(3)27(32)22-9-8-10-24(16-22)29-35(4,33)34/h5-16,18,29H,17H2,1-4H3. The van der Waals surface area contributed by atoms with Crippen LogP contribution < -0.4 is 4.72 Å². The number of amides is 1. The normalized spacial score (nSPS) is 11.3. The minimum absolute atomic E-state index is 0.222. The average Bonchev–Trinajstić information content (AvgIpc) is 3.23. The van der Waals surface area contributed by atoms with Crippen LogP contribution in [0.25, 0.3) is 16.9 Å². The summed E-state index contributed by atoms with van der Waals surface area (Å²) in [5, 5.41) is 4.86. The van der Waals surface area contributed by atoms with Crippen molar-refractivity contribution in [2.75, 3.05) is 18.0 Å². The fourth-order valence-electron chi connectivity index (χ4n) is 3.85. The monoisotopic (exact) mass is 488 g/mol. The van der Waals surface area contributed by atoms with E-state index in [9.17, 15) is 13.2 Å². The smallest absolute Gasteiger partial charge is 0.253 e. The molecule has 0 aliphatic carbocycles. The van der Waals surface area contributed by atoms with Gasteiger partial charge in [-0.2, -0.15) is 5.10 Å². The molecular weight excluding hydrogens is 460 g/mol. The lowest BCUT2D eigenvalue weighted by atomic mass is 10.0. The first-order chi connectivity index (χ1) is 16.6. The van der Waals surface area contributed by atoms with E-state index in [2.05, 4.69) is 30.7 Å². The number of nitrogens with zero attached hydrogens (tertiary/aromatic N) is 3. The van der Waals surface area contributed by atoms with Crippen molar-refractivity contribution < 1.29 is 13.2 Å². The van der Waals surface area contributed by atoms with Crippen molar-refractivity contribution in [3.63, 3.8) is 0 Å². The Kier molecular flexibility index (Phi) is 6.75. The van der Waals surface area contributed by atoms with E-state index in [1.54, 1.807) is 30.1 Å². The van der Waals surface area contributed by atoms with Crippen LogP contribution in [-0.2, 0) is 16.6 Å². The summed E-state index contributed by atoms with van der Waals surface area (Å²) in [6.07, 6.45) is 3.03. The number of benzene rings is 3. The zero-order valence-electron chi connectivity index (χ0n) is 20.2. The van der Waals surface area contributed by atoms with Crippen LogP contribution in [0, 0.1) is 13.8 Å². The third-order valence-electron chi connectivity index (χ3n) is 5.76. The van der Waals surface area contributed by atoms with Gasteiger partial charge < -0.3 is 4.90 Å². The summed E-state index contributed by atoms with van der Waals surface area (Å²) in [5.74, 6) is -0.222. The third-order valence-corrected chi connectivity index (χ3v) is 6.36. The number of anilines is 1. The Bertz CT molecular complexity index is 1480.